The number of unbranched alkanes of at least 4 members (excludes halogenated alkanes) is 10. The maximum Gasteiger partial charge on any atom is 0.408 e. The molecule has 12 heteroatoms. The van der Waals surface area contributed by atoms with Crippen molar-refractivity contribution in [1.29, 1.82) is 0 Å². The standard InChI is InChI=1S/C30H52NO5P.C21H36NO3P/c1-7-10-11-12-13-14-15-25-16-18-26(19-17-25)27-20-21-30(24-27,31-28(32)36-29(4,5)6)22-23-37(33,34-8-2)35-9-3;1-2-3-4-5-6-7-8-18-9-11-19(12-10-18)20-13-14-21(22,17-20)15-16-26(23,24)25/h16-19,27H,7-15,20-24H2,1-6H3,(H,31,32);9-12,20H,2-8,13-17,22H2,1H3,(H2,23,24,25)/t27?,30-;20-,21-/m00/s1. The lowest BCUT2D eigenvalue weighted by atomic mass is 9.90. The summed E-state index contributed by atoms with van der Waals surface area (Å²) < 4.78 is 41.0. The van der Waals surface area contributed by atoms with Crippen LogP contribution in [0.1, 0.15) is 211 Å². The fourth-order valence-corrected chi connectivity index (χ4v) is 12.0. The van der Waals surface area contributed by atoms with Crippen LogP contribution in [0, 0.1) is 0 Å². The molecule has 0 spiro atoms. The number of nitrogens with two attached hydrogens (primary N) is 1. The molecular weight excluding hydrogens is 831 g/mol. The Kier molecular flexibility index (Phi) is 24.2. The Bertz CT molecular complexity index is 1670. The number of aryl methyl sites for hydroxylation is 2. The first kappa shape index (κ1) is 55.3. The molecule has 2 aromatic carbocycles. The van der Waals surface area contributed by atoms with Gasteiger partial charge in [0.15, 0.2) is 0 Å². The molecule has 63 heavy (non-hydrogen) atoms. The van der Waals surface area contributed by atoms with E-state index in [-0.39, 0.29) is 12.3 Å². The monoisotopic (exact) mass is 919 g/mol. The van der Waals surface area contributed by atoms with Crippen LogP contribution in [-0.4, -0.2) is 58.1 Å². The number of nitrogens with one attached hydrogen (secondary N) is 1. The van der Waals surface area contributed by atoms with Crippen LogP contribution in [0.15, 0.2) is 48.5 Å². The highest BCUT2D eigenvalue weighted by Crippen LogP contribution is 2.52. The van der Waals surface area contributed by atoms with Crippen molar-refractivity contribution in [2.45, 2.75) is 218 Å². The Morgan fingerprint density at radius 2 is 1.14 bits per heavy atom. The first-order chi connectivity index (χ1) is 29.8. The predicted molar refractivity (Wildman–Crippen MR) is 261 cm³/mol. The first-order valence-electron chi connectivity index (χ1n) is 24.8. The predicted octanol–water partition coefficient (Wildman–Crippen LogP) is 13.9. The van der Waals surface area contributed by atoms with Gasteiger partial charge in [-0.1, -0.05) is 127 Å². The minimum atomic E-state index is -3.96. The van der Waals surface area contributed by atoms with Gasteiger partial charge in [0.1, 0.15) is 5.60 Å². The summed E-state index contributed by atoms with van der Waals surface area (Å²) in [5, 5.41) is 3.17. The van der Waals surface area contributed by atoms with Crippen molar-refractivity contribution in [3.05, 3.63) is 70.8 Å². The van der Waals surface area contributed by atoms with E-state index in [0.29, 0.717) is 37.9 Å². The Hall–Kier alpha value is -2.03. The molecule has 0 radical (unpaired) electrons. The number of alkyl carbamates (subject to hydrolysis) is 1. The lowest BCUT2D eigenvalue weighted by molar-refractivity contribution is 0.0451. The first-order valence-corrected chi connectivity index (χ1v) is 28.3. The second-order valence-electron chi connectivity index (χ2n) is 19.7. The van der Waals surface area contributed by atoms with Crippen LogP contribution in [0.2, 0.25) is 0 Å². The highest BCUT2D eigenvalue weighted by atomic mass is 31.2. The molecule has 5 N–H and O–H groups in total. The molecule has 1 unspecified atom stereocenters. The molecule has 2 aliphatic carbocycles. The third kappa shape index (κ3) is 21.9. The highest BCUT2D eigenvalue weighted by molar-refractivity contribution is 7.53. The number of hydrogen-bond donors (Lipinski definition) is 4. The molecule has 10 nitrogen and oxygen atoms in total. The summed E-state index contributed by atoms with van der Waals surface area (Å²) in [6.07, 6.45) is 24.0. The lowest BCUT2D eigenvalue weighted by Gasteiger charge is -2.33. The molecule has 0 bridgehead atoms. The van der Waals surface area contributed by atoms with Gasteiger partial charge in [-0.15, -0.1) is 0 Å². The second-order valence-corrected chi connectivity index (χ2v) is 23.7. The fraction of sp³-hybridized carbons (Fsp3) is 0.745. The van der Waals surface area contributed by atoms with Crippen LogP contribution >= 0.6 is 15.2 Å². The van der Waals surface area contributed by atoms with Gasteiger partial charge in [0.05, 0.1) is 25.5 Å². The van der Waals surface area contributed by atoms with Gasteiger partial charge < -0.3 is 34.6 Å². The van der Waals surface area contributed by atoms with Crippen LogP contribution in [0.3, 0.4) is 0 Å². The molecule has 0 heterocycles. The quantitative estimate of drug-likeness (QED) is 0.0506. The van der Waals surface area contributed by atoms with Crippen molar-refractivity contribution in [3.63, 3.8) is 0 Å². The minimum absolute atomic E-state index is 0.104. The maximum absolute atomic E-state index is 13.2. The number of carbonyl (C=O) groups is 1. The summed E-state index contributed by atoms with van der Waals surface area (Å²) in [4.78, 5) is 31.0. The third-order valence-corrected chi connectivity index (χ3v) is 15.9. The summed E-state index contributed by atoms with van der Waals surface area (Å²) in [5.41, 5.74) is 10.3. The summed E-state index contributed by atoms with van der Waals surface area (Å²) in [6.45, 7) is 14.4. The van der Waals surface area contributed by atoms with E-state index in [1.807, 2.05) is 34.6 Å². The Labute approximate surface area is 383 Å². The zero-order chi connectivity index (χ0) is 46.4. The van der Waals surface area contributed by atoms with Crippen LogP contribution in [-0.2, 0) is 35.8 Å². The number of benzene rings is 2. The SMILES string of the molecule is CCCCCCCCc1ccc(C2CC[C@@](CCP(=O)(OCC)OCC)(NC(=O)OC(C)(C)C)C2)cc1.CCCCCCCCc1ccc([C@H]2CC[C@](N)(CCP(=O)(O)O)C2)cc1. The van der Waals surface area contributed by atoms with Crippen LogP contribution in [0.5, 0.6) is 0 Å². The van der Waals surface area contributed by atoms with Crippen LogP contribution < -0.4 is 11.1 Å². The van der Waals surface area contributed by atoms with Crippen LogP contribution in [0.4, 0.5) is 4.79 Å². The van der Waals surface area contributed by atoms with Gasteiger partial charge in [0.2, 0.25) is 0 Å². The zero-order valence-corrected chi connectivity index (χ0v) is 42.3. The number of hydrogen-bond acceptors (Lipinski definition) is 7. The smallest absolute Gasteiger partial charge is 0.408 e. The number of rotatable bonds is 27. The molecular formula is C51H88N2O8P2. The molecule has 1 amide bonds. The van der Waals surface area contributed by atoms with E-state index in [0.717, 1.165) is 51.4 Å². The molecule has 4 atom stereocenters. The molecule has 0 saturated heterocycles. The van der Waals surface area contributed by atoms with Gasteiger partial charge >= 0.3 is 21.3 Å². The molecule has 2 aliphatic rings. The largest absolute Gasteiger partial charge is 0.444 e. The molecule has 2 aromatic rings. The van der Waals surface area contributed by atoms with E-state index >= 15 is 0 Å². The van der Waals surface area contributed by atoms with Gasteiger partial charge in [-0.25, -0.2) is 4.79 Å². The number of amides is 1. The van der Waals surface area contributed by atoms with Crippen molar-refractivity contribution in [2.75, 3.05) is 25.5 Å². The van der Waals surface area contributed by atoms with E-state index in [1.165, 1.54) is 99.3 Å². The van der Waals surface area contributed by atoms with Gasteiger partial charge in [-0.3, -0.25) is 9.13 Å². The van der Waals surface area contributed by atoms with Crippen molar-refractivity contribution in [1.82, 2.24) is 5.32 Å². The molecule has 4 rings (SSSR count). The van der Waals surface area contributed by atoms with E-state index in [2.05, 4.69) is 67.7 Å². The normalized spacial score (nSPS) is 21.6. The topological polar surface area (TPSA) is 157 Å². The summed E-state index contributed by atoms with van der Waals surface area (Å²) in [7, 11) is -7.17. The van der Waals surface area contributed by atoms with Gasteiger partial charge in [0, 0.05) is 11.1 Å². The summed E-state index contributed by atoms with van der Waals surface area (Å²) in [5.74, 6) is 0.747. The van der Waals surface area contributed by atoms with E-state index in [9.17, 15) is 13.9 Å². The lowest BCUT2D eigenvalue weighted by Crippen LogP contribution is -2.49. The van der Waals surface area contributed by atoms with Gasteiger partial charge in [-0.2, -0.15) is 0 Å². The number of ether oxygens (including phenoxy) is 1. The second kappa shape index (κ2) is 27.6. The molecule has 360 valence electrons. The third-order valence-electron chi connectivity index (χ3n) is 13.0. The van der Waals surface area contributed by atoms with Crippen LogP contribution in [0.25, 0.3) is 0 Å². The highest BCUT2D eigenvalue weighted by Gasteiger charge is 2.43. The summed E-state index contributed by atoms with van der Waals surface area (Å²) >= 11 is 0. The Morgan fingerprint density at radius 3 is 1.60 bits per heavy atom. The maximum atomic E-state index is 13.2. The minimum Gasteiger partial charge on any atom is -0.444 e. The van der Waals surface area contributed by atoms with Gasteiger partial charge in [-0.05, 0) is 146 Å². The molecule has 2 saturated carbocycles. The van der Waals surface area contributed by atoms with E-state index in [4.69, 9.17) is 29.3 Å². The van der Waals surface area contributed by atoms with Crippen molar-refractivity contribution in [2.24, 2.45) is 5.73 Å². The Morgan fingerprint density at radius 1 is 0.683 bits per heavy atom. The van der Waals surface area contributed by atoms with Gasteiger partial charge in [0.25, 0.3) is 0 Å². The van der Waals surface area contributed by atoms with Crippen molar-refractivity contribution < 1.29 is 37.5 Å². The Balaban J connectivity index is 0.000000356. The number of carbonyl (C=O) groups excluding carboxylic acids is 1. The molecule has 0 aromatic heterocycles. The van der Waals surface area contributed by atoms with E-state index in [1.54, 1.807) is 0 Å². The fourth-order valence-electron chi connectivity index (χ4n) is 9.41. The average molecular weight is 919 g/mol. The zero-order valence-electron chi connectivity index (χ0n) is 40.5. The van der Waals surface area contributed by atoms with Crippen molar-refractivity contribution >= 4 is 21.3 Å². The summed E-state index contributed by atoms with van der Waals surface area (Å²) in [6, 6.07) is 18.0. The van der Waals surface area contributed by atoms with E-state index < -0.39 is 38.0 Å². The molecule has 0 aliphatic heterocycles. The molecule has 2 fully saturated rings. The van der Waals surface area contributed by atoms with Crippen molar-refractivity contribution in [3.8, 4) is 0 Å². The average Bonchev–Trinajstić information content (AvgIpc) is 3.83.